The standard InChI is InChI=1S/C20H25N5O2/c1-4-16-7-5-6-14(2)18(16)23-20-21-15(3)12-17(22-20)19(27)25-10-8-24(13-26)9-11-25/h5-7,12-13H,4,8-11H2,1-3H3,(H,21,22,23). The van der Waals surface area contributed by atoms with Crippen LogP contribution < -0.4 is 5.32 Å². The molecule has 0 aliphatic carbocycles. The third-order valence-electron chi connectivity index (χ3n) is 4.80. The number of carbonyl (C=O) groups is 2. The van der Waals surface area contributed by atoms with Gasteiger partial charge >= 0.3 is 0 Å². The van der Waals surface area contributed by atoms with E-state index in [2.05, 4.69) is 28.3 Å². The van der Waals surface area contributed by atoms with Gasteiger partial charge in [0.25, 0.3) is 5.91 Å². The first-order valence-corrected chi connectivity index (χ1v) is 9.21. The molecule has 1 aromatic carbocycles. The van der Waals surface area contributed by atoms with Gasteiger partial charge in [-0.3, -0.25) is 9.59 Å². The van der Waals surface area contributed by atoms with Gasteiger partial charge in [-0.25, -0.2) is 9.97 Å². The molecule has 0 saturated carbocycles. The van der Waals surface area contributed by atoms with Crippen LogP contribution in [0.1, 0.15) is 34.2 Å². The van der Waals surface area contributed by atoms with Crippen molar-refractivity contribution >= 4 is 24.0 Å². The van der Waals surface area contributed by atoms with Crippen LogP contribution in [-0.4, -0.2) is 58.3 Å². The van der Waals surface area contributed by atoms with Crippen molar-refractivity contribution in [3.05, 3.63) is 46.8 Å². The zero-order chi connectivity index (χ0) is 19.4. The Balaban J connectivity index is 1.83. The van der Waals surface area contributed by atoms with Crippen molar-refractivity contribution in [1.82, 2.24) is 19.8 Å². The minimum absolute atomic E-state index is 0.130. The molecule has 27 heavy (non-hydrogen) atoms. The third-order valence-corrected chi connectivity index (χ3v) is 4.80. The van der Waals surface area contributed by atoms with Crippen molar-refractivity contribution in [2.45, 2.75) is 27.2 Å². The number of anilines is 2. The van der Waals surface area contributed by atoms with Gasteiger partial charge in [0.05, 0.1) is 0 Å². The highest BCUT2D eigenvalue weighted by atomic mass is 16.2. The molecule has 0 bridgehead atoms. The fourth-order valence-corrected chi connectivity index (χ4v) is 3.24. The second-order valence-electron chi connectivity index (χ2n) is 6.74. The van der Waals surface area contributed by atoms with E-state index in [1.165, 1.54) is 5.56 Å². The van der Waals surface area contributed by atoms with E-state index < -0.39 is 0 Å². The van der Waals surface area contributed by atoms with E-state index in [4.69, 9.17) is 0 Å². The van der Waals surface area contributed by atoms with E-state index >= 15 is 0 Å². The van der Waals surface area contributed by atoms with Crippen molar-refractivity contribution in [3.63, 3.8) is 0 Å². The average Bonchev–Trinajstić information content (AvgIpc) is 2.68. The van der Waals surface area contributed by atoms with Crippen LogP contribution in [0.25, 0.3) is 0 Å². The molecular weight excluding hydrogens is 342 g/mol. The van der Waals surface area contributed by atoms with Gasteiger partial charge in [0.1, 0.15) is 5.69 Å². The number of carbonyl (C=O) groups excluding carboxylic acids is 2. The number of nitrogens with one attached hydrogen (secondary N) is 1. The smallest absolute Gasteiger partial charge is 0.272 e. The second-order valence-corrected chi connectivity index (χ2v) is 6.74. The zero-order valence-electron chi connectivity index (χ0n) is 16.0. The number of piperazine rings is 1. The first-order valence-electron chi connectivity index (χ1n) is 9.21. The van der Waals surface area contributed by atoms with E-state index in [0.29, 0.717) is 37.8 Å². The van der Waals surface area contributed by atoms with Gasteiger partial charge in [-0.15, -0.1) is 0 Å². The van der Waals surface area contributed by atoms with Gasteiger partial charge < -0.3 is 15.1 Å². The summed E-state index contributed by atoms with van der Waals surface area (Å²) in [4.78, 5) is 36.0. The van der Waals surface area contributed by atoms with Crippen molar-refractivity contribution < 1.29 is 9.59 Å². The minimum atomic E-state index is -0.130. The van der Waals surface area contributed by atoms with Gasteiger partial charge in [-0.05, 0) is 37.5 Å². The molecule has 0 unspecified atom stereocenters. The predicted molar refractivity (Wildman–Crippen MR) is 104 cm³/mol. The SMILES string of the molecule is CCc1cccc(C)c1Nc1nc(C)cc(C(=O)N2CCN(C=O)CC2)n1. The van der Waals surface area contributed by atoms with Crippen molar-refractivity contribution in [3.8, 4) is 0 Å². The molecule has 7 nitrogen and oxygen atoms in total. The van der Waals surface area contributed by atoms with Gasteiger partial charge in [-0.1, -0.05) is 25.1 Å². The number of hydrogen-bond donors (Lipinski definition) is 1. The highest BCUT2D eigenvalue weighted by molar-refractivity contribution is 5.93. The number of nitrogens with zero attached hydrogens (tertiary/aromatic N) is 4. The first-order chi connectivity index (χ1) is 13.0. The maximum Gasteiger partial charge on any atom is 0.272 e. The molecule has 7 heteroatoms. The van der Waals surface area contributed by atoms with E-state index in [9.17, 15) is 9.59 Å². The molecule has 3 rings (SSSR count). The fraction of sp³-hybridized carbons (Fsp3) is 0.400. The number of rotatable bonds is 5. The maximum absolute atomic E-state index is 12.8. The Morgan fingerprint density at radius 1 is 1.19 bits per heavy atom. The van der Waals surface area contributed by atoms with Crippen LogP contribution in [0.5, 0.6) is 0 Å². The topological polar surface area (TPSA) is 78.4 Å². The number of amides is 2. The van der Waals surface area contributed by atoms with E-state index in [0.717, 1.165) is 29.8 Å². The van der Waals surface area contributed by atoms with Crippen molar-refractivity contribution in [2.75, 3.05) is 31.5 Å². The van der Waals surface area contributed by atoms with E-state index in [-0.39, 0.29) is 5.91 Å². The Morgan fingerprint density at radius 3 is 2.59 bits per heavy atom. The van der Waals surface area contributed by atoms with Crippen molar-refractivity contribution in [2.24, 2.45) is 0 Å². The summed E-state index contributed by atoms with van der Waals surface area (Å²) in [6, 6.07) is 7.85. The number of para-hydroxylation sites is 1. The summed E-state index contributed by atoms with van der Waals surface area (Å²) in [5, 5.41) is 3.30. The fourth-order valence-electron chi connectivity index (χ4n) is 3.24. The van der Waals surface area contributed by atoms with Crippen LogP contribution >= 0.6 is 0 Å². The highest BCUT2D eigenvalue weighted by Crippen LogP contribution is 2.24. The van der Waals surface area contributed by atoms with Crippen LogP contribution in [0, 0.1) is 13.8 Å². The maximum atomic E-state index is 12.8. The molecule has 2 amide bonds. The Labute approximate surface area is 159 Å². The van der Waals surface area contributed by atoms with E-state index in [1.54, 1.807) is 15.9 Å². The minimum Gasteiger partial charge on any atom is -0.342 e. The zero-order valence-corrected chi connectivity index (χ0v) is 16.0. The molecule has 0 spiro atoms. The van der Waals surface area contributed by atoms with Crippen LogP contribution in [0.4, 0.5) is 11.6 Å². The van der Waals surface area contributed by atoms with Crippen LogP contribution in [0.15, 0.2) is 24.3 Å². The molecule has 1 aliphatic rings. The number of aryl methyl sites for hydroxylation is 3. The summed E-state index contributed by atoms with van der Waals surface area (Å²) in [5.41, 5.74) is 4.38. The summed E-state index contributed by atoms with van der Waals surface area (Å²) in [7, 11) is 0. The monoisotopic (exact) mass is 367 g/mol. The highest BCUT2D eigenvalue weighted by Gasteiger charge is 2.23. The van der Waals surface area contributed by atoms with Crippen LogP contribution in [0.3, 0.4) is 0 Å². The quantitative estimate of drug-likeness (QED) is 0.821. The molecule has 142 valence electrons. The normalized spacial score (nSPS) is 14.2. The second kappa shape index (κ2) is 8.16. The summed E-state index contributed by atoms with van der Waals surface area (Å²) in [6.45, 7) is 8.12. The Hall–Kier alpha value is -2.96. The molecule has 2 heterocycles. The molecule has 2 aromatic rings. The van der Waals surface area contributed by atoms with Crippen LogP contribution in [0.2, 0.25) is 0 Å². The lowest BCUT2D eigenvalue weighted by Crippen LogP contribution is -2.48. The molecule has 1 aliphatic heterocycles. The Bertz CT molecular complexity index is 844. The molecule has 1 N–H and O–H groups in total. The van der Waals surface area contributed by atoms with Gasteiger partial charge in [0.2, 0.25) is 12.4 Å². The third kappa shape index (κ3) is 4.24. The summed E-state index contributed by atoms with van der Waals surface area (Å²) in [5.74, 6) is 0.295. The van der Waals surface area contributed by atoms with Gasteiger partial charge in [0.15, 0.2) is 0 Å². The van der Waals surface area contributed by atoms with Crippen LogP contribution in [-0.2, 0) is 11.2 Å². The lowest BCUT2D eigenvalue weighted by Gasteiger charge is -2.32. The predicted octanol–water partition coefficient (Wildman–Crippen LogP) is 2.31. The lowest BCUT2D eigenvalue weighted by molar-refractivity contribution is -0.119. The van der Waals surface area contributed by atoms with E-state index in [1.807, 2.05) is 26.0 Å². The molecule has 1 aromatic heterocycles. The molecule has 0 radical (unpaired) electrons. The average molecular weight is 367 g/mol. The Kier molecular flexibility index (Phi) is 5.69. The molecule has 1 saturated heterocycles. The van der Waals surface area contributed by atoms with Crippen molar-refractivity contribution in [1.29, 1.82) is 0 Å². The molecule has 1 fully saturated rings. The largest absolute Gasteiger partial charge is 0.342 e. The summed E-state index contributed by atoms with van der Waals surface area (Å²) >= 11 is 0. The van der Waals surface area contributed by atoms with Gasteiger partial charge in [0, 0.05) is 37.6 Å². The first kappa shape index (κ1) is 18.8. The number of hydrogen-bond acceptors (Lipinski definition) is 5. The number of benzene rings is 1. The Morgan fingerprint density at radius 2 is 1.93 bits per heavy atom. The summed E-state index contributed by atoms with van der Waals surface area (Å²) in [6.07, 6.45) is 1.72. The van der Waals surface area contributed by atoms with Gasteiger partial charge in [-0.2, -0.15) is 0 Å². The summed E-state index contributed by atoms with van der Waals surface area (Å²) < 4.78 is 0. The lowest BCUT2D eigenvalue weighted by atomic mass is 10.1. The number of aromatic nitrogens is 2. The molecular formula is C20H25N5O2. The molecule has 0 atom stereocenters.